The molecule has 1 aromatic rings. The number of sulfonamides is 1. The Morgan fingerprint density at radius 2 is 1.84 bits per heavy atom. The van der Waals surface area contributed by atoms with Gasteiger partial charge in [0.2, 0.25) is 10.0 Å². The van der Waals surface area contributed by atoms with Crippen LogP contribution in [-0.2, 0) is 10.0 Å². The summed E-state index contributed by atoms with van der Waals surface area (Å²) in [5.74, 6) is -1.14. The van der Waals surface area contributed by atoms with Gasteiger partial charge in [0.05, 0.1) is 0 Å². The van der Waals surface area contributed by atoms with Crippen molar-refractivity contribution >= 4 is 16.0 Å². The van der Waals surface area contributed by atoms with Crippen LogP contribution in [0.25, 0.3) is 0 Å². The van der Waals surface area contributed by atoms with Crippen LogP contribution in [0, 0.1) is 0 Å². The molecule has 1 N–H and O–H groups in total. The summed E-state index contributed by atoms with van der Waals surface area (Å²) in [5.41, 5.74) is -0.0225. The van der Waals surface area contributed by atoms with Crippen molar-refractivity contribution in [2.45, 2.75) is 44.7 Å². The highest BCUT2D eigenvalue weighted by Gasteiger charge is 2.27. The lowest BCUT2D eigenvalue weighted by molar-refractivity contribution is 0.0683. The fourth-order valence-electron chi connectivity index (χ4n) is 1.64. The summed E-state index contributed by atoms with van der Waals surface area (Å²) >= 11 is 0. The number of hydrogen-bond donors (Lipinski definition) is 1. The first-order valence-electron chi connectivity index (χ1n) is 6.02. The third-order valence-electron chi connectivity index (χ3n) is 3.00. The molecule has 0 unspecified atom stereocenters. The van der Waals surface area contributed by atoms with Crippen LogP contribution in [0.3, 0.4) is 0 Å². The zero-order valence-electron chi connectivity index (χ0n) is 11.8. The van der Waals surface area contributed by atoms with Gasteiger partial charge in [-0.2, -0.15) is 4.31 Å². The molecule has 1 rings (SSSR count). The summed E-state index contributed by atoms with van der Waals surface area (Å²) in [7, 11) is -2.18. The second-order valence-corrected chi connectivity index (χ2v) is 6.98. The van der Waals surface area contributed by atoms with Crippen LogP contribution < -0.4 is 0 Å². The van der Waals surface area contributed by atoms with Crippen LogP contribution in [-0.4, -0.2) is 41.5 Å². The van der Waals surface area contributed by atoms with E-state index in [0.29, 0.717) is 0 Å². The number of carbonyl (C=O) groups is 1. The van der Waals surface area contributed by atoms with E-state index in [2.05, 4.69) is 0 Å². The van der Waals surface area contributed by atoms with Crippen molar-refractivity contribution in [2.75, 3.05) is 7.05 Å². The van der Waals surface area contributed by atoms with Crippen LogP contribution in [0.4, 0.5) is 0 Å². The first kappa shape index (κ1) is 15.7. The Bertz CT molecular complexity index is 573. The Morgan fingerprint density at radius 3 is 2.16 bits per heavy atom. The molecule has 0 saturated heterocycles. The standard InChI is InChI=1S/C12H20N2O4S/c1-8(2)13(5)19(17,18)10-6-11(12(15)16)14(7-10)9(3)4/h6-9H,1-5H3,(H,15,16). The first-order chi connectivity index (χ1) is 8.59. The van der Waals surface area contributed by atoms with E-state index in [1.807, 2.05) is 0 Å². The summed E-state index contributed by atoms with van der Waals surface area (Å²) in [5, 5.41) is 9.11. The van der Waals surface area contributed by atoms with Crippen molar-refractivity contribution in [2.24, 2.45) is 0 Å². The highest BCUT2D eigenvalue weighted by Crippen LogP contribution is 2.22. The van der Waals surface area contributed by atoms with Gasteiger partial charge in [-0.15, -0.1) is 0 Å². The minimum atomic E-state index is -3.66. The molecule has 0 aliphatic heterocycles. The third kappa shape index (κ3) is 2.98. The lowest BCUT2D eigenvalue weighted by Crippen LogP contribution is -2.32. The van der Waals surface area contributed by atoms with Crippen molar-refractivity contribution in [3.8, 4) is 0 Å². The summed E-state index contributed by atoms with van der Waals surface area (Å²) < 4.78 is 27.3. The van der Waals surface area contributed by atoms with Gasteiger partial charge in [-0.3, -0.25) is 0 Å². The Kier molecular flexibility index (Phi) is 4.42. The average molecular weight is 288 g/mol. The predicted octanol–water partition coefficient (Wildman–Crippen LogP) is 1.80. The molecule has 0 amide bonds. The summed E-state index contributed by atoms with van der Waals surface area (Å²) in [6, 6.07) is 0.886. The number of carboxylic acid groups (broad SMARTS) is 1. The molecule has 0 aliphatic rings. The fourth-order valence-corrected chi connectivity index (χ4v) is 3.03. The summed E-state index contributed by atoms with van der Waals surface area (Å²) in [6.45, 7) is 7.12. The number of aromatic carboxylic acids is 1. The zero-order chi connectivity index (χ0) is 15.0. The van der Waals surface area contributed by atoms with Crippen molar-refractivity contribution in [3.63, 3.8) is 0 Å². The Balaban J connectivity index is 3.38. The molecule has 0 spiro atoms. The number of carboxylic acids is 1. The maximum Gasteiger partial charge on any atom is 0.352 e. The monoisotopic (exact) mass is 288 g/mol. The largest absolute Gasteiger partial charge is 0.477 e. The Hall–Kier alpha value is -1.34. The smallest absolute Gasteiger partial charge is 0.352 e. The molecule has 0 fully saturated rings. The van der Waals surface area contributed by atoms with Crippen LogP contribution in [0.2, 0.25) is 0 Å². The van der Waals surface area contributed by atoms with E-state index in [-0.39, 0.29) is 22.7 Å². The number of nitrogens with zero attached hydrogens (tertiary/aromatic N) is 2. The van der Waals surface area contributed by atoms with Gasteiger partial charge in [0, 0.05) is 25.3 Å². The topological polar surface area (TPSA) is 79.6 Å². The van der Waals surface area contributed by atoms with E-state index in [1.165, 1.54) is 28.2 Å². The van der Waals surface area contributed by atoms with Crippen LogP contribution in [0.5, 0.6) is 0 Å². The van der Waals surface area contributed by atoms with Crippen molar-refractivity contribution in [1.29, 1.82) is 0 Å². The second kappa shape index (κ2) is 5.34. The molecule has 0 radical (unpaired) electrons. The molecular formula is C12H20N2O4S. The van der Waals surface area contributed by atoms with Gasteiger partial charge < -0.3 is 9.67 Å². The highest BCUT2D eigenvalue weighted by molar-refractivity contribution is 7.89. The first-order valence-corrected chi connectivity index (χ1v) is 7.46. The molecule has 7 heteroatoms. The molecule has 0 aliphatic carbocycles. The van der Waals surface area contributed by atoms with Crippen molar-refractivity contribution < 1.29 is 18.3 Å². The Labute approximate surface area is 113 Å². The van der Waals surface area contributed by atoms with Gasteiger partial charge >= 0.3 is 5.97 Å². The molecule has 0 aromatic carbocycles. The van der Waals surface area contributed by atoms with Gasteiger partial charge in [-0.05, 0) is 33.8 Å². The van der Waals surface area contributed by atoms with E-state index in [9.17, 15) is 13.2 Å². The summed E-state index contributed by atoms with van der Waals surface area (Å²) in [6.07, 6.45) is 1.38. The molecule has 0 atom stereocenters. The van der Waals surface area contributed by atoms with Gasteiger partial charge in [0.25, 0.3) is 0 Å². The van der Waals surface area contributed by atoms with E-state index in [1.54, 1.807) is 27.7 Å². The summed E-state index contributed by atoms with van der Waals surface area (Å²) in [4.78, 5) is 11.2. The normalized spacial score (nSPS) is 12.6. The Morgan fingerprint density at radius 1 is 1.32 bits per heavy atom. The average Bonchev–Trinajstić information content (AvgIpc) is 2.73. The minimum absolute atomic E-state index is 0.00907. The zero-order valence-corrected chi connectivity index (χ0v) is 12.6. The molecule has 0 bridgehead atoms. The van der Waals surface area contributed by atoms with Crippen molar-refractivity contribution in [3.05, 3.63) is 18.0 Å². The van der Waals surface area contributed by atoms with Crippen LogP contribution >= 0.6 is 0 Å². The molecule has 1 aromatic heterocycles. The van der Waals surface area contributed by atoms with Gasteiger partial charge in [-0.1, -0.05) is 0 Å². The highest BCUT2D eigenvalue weighted by atomic mass is 32.2. The molecule has 0 saturated carbocycles. The quantitative estimate of drug-likeness (QED) is 0.896. The second-order valence-electron chi connectivity index (χ2n) is 4.98. The van der Waals surface area contributed by atoms with Crippen LogP contribution in [0.15, 0.2) is 17.2 Å². The molecule has 1 heterocycles. The van der Waals surface area contributed by atoms with Gasteiger partial charge in [0.15, 0.2) is 0 Å². The molecule has 6 nitrogen and oxygen atoms in total. The van der Waals surface area contributed by atoms with E-state index in [4.69, 9.17) is 5.11 Å². The molecular weight excluding hydrogens is 268 g/mol. The maximum atomic E-state index is 12.3. The van der Waals surface area contributed by atoms with E-state index in [0.717, 1.165) is 0 Å². The van der Waals surface area contributed by atoms with E-state index < -0.39 is 16.0 Å². The van der Waals surface area contributed by atoms with Crippen molar-refractivity contribution in [1.82, 2.24) is 8.87 Å². The molecule has 108 valence electrons. The van der Waals surface area contributed by atoms with Gasteiger partial charge in [-0.25, -0.2) is 13.2 Å². The lowest BCUT2D eigenvalue weighted by atomic mass is 10.3. The minimum Gasteiger partial charge on any atom is -0.477 e. The number of hydrogen-bond acceptors (Lipinski definition) is 3. The lowest BCUT2D eigenvalue weighted by Gasteiger charge is -2.20. The van der Waals surface area contributed by atoms with Crippen LogP contribution in [0.1, 0.15) is 44.2 Å². The van der Waals surface area contributed by atoms with E-state index >= 15 is 0 Å². The maximum absolute atomic E-state index is 12.3. The number of aromatic nitrogens is 1. The number of rotatable bonds is 5. The predicted molar refractivity (Wildman–Crippen MR) is 71.9 cm³/mol. The fraction of sp³-hybridized carbons (Fsp3) is 0.583. The third-order valence-corrected chi connectivity index (χ3v) is 5.00. The van der Waals surface area contributed by atoms with Gasteiger partial charge in [0.1, 0.15) is 10.6 Å². The molecule has 19 heavy (non-hydrogen) atoms. The SMILES string of the molecule is CC(C)N(C)S(=O)(=O)c1cc(C(=O)O)n(C(C)C)c1.